The molecular weight excluding hydrogens is 342 g/mol. The second kappa shape index (κ2) is 7.21. The highest BCUT2D eigenvalue weighted by molar-refractivity contribution is 7.89. The maximum Gasteiger partial charge on any atom is 0.240 e. The molecule has 0 aliphatic rings. The van der Waals surface area contributed by atoms with Gasteiger partial charge in [0.2, 0.25) is 10.0 Å². The summed E-state index contributed by atoms with van der Waals surface area (Å²) in [7, 11) is -3.47. The summed E-state index contributed by atoms with van der Waals surface area (Å²) in [5.41, 5.74) is 1.75. The van der Waals surface area contributed by atoms with Gasteiger partial charge in [0.05, 0.1) is 16.3 Å². The van der Waals surface area contributed by atoms with Crippen molar-refractivity contribution in [1.29, 1.82) is 0 Å². The minimum Gasteiger partial charge on any atom is -0.254 e. The Morgan fingerprint density at radius 3 is 2.54 bits per heavy atom. The number of benzene rings is 1. The van der Waals surface area contributed by atoms with Gasteiger partial charge in [-0.1, -0.05) is 24.3 Å². The van der Waals surface area contributed by atoms with Crippen LogP contribution in [0.2, 0.25) is 0 Å². The molecule has 0 fully saturated rings. The molecule has 0 radical (unpaired) electrons. The fourth-order valence-electron chi connectivity index (χ4n) is 2.24. The maximum atomic E-state index is 12.2. The van der Waals surface area contributed by atoms with Gasteiger partial charge in [0, 0.05) is 17.6 Å². The molecule has 0 unspecified atom stereocenters. The lowest BCUT2D eigenvalue weighted by molar-refractivity contribution is 0.582. The number of nitrogens with zero attached hydrogens (tertiary/aromatic N) is 2. The molecule has 124 valence electrons. The van der Waals surface area contributed by atoms with Gasteiger partial charge in [-0.05, 0) is 37.6 Å². The van der Waals surface area contributed by atoms with Crippen molar-refractivity contribution in [2.24, 2.45) is 0 Å². The van der Waals surface area contributed by atoms with Crippen LogP contribution in [0.15, 0.2) is 59.6 Å². The average molecular weight is 359 g/mol. The maximum absolute atomic E-state index is 12.2. The fourth-order valence-corrected chi connectivity index (χ4v) is 4.33. The average Bonchev–Trinajstić information content (AvgIpc) is 2.97. The van der Waals surface area contributed by atoms with Crippen LogP contribution >= 0.6 is 11.3 Å². The molecule has 2 heterocycles. The van der Waals surface area contributed by atoms with Crippen molar-refractivity contribution >= 4 is 21.4 Å². The first-order chi connectivity index (χ1) is 11.6. The van der Waals surface area contributed by atoms with E-state index in [2.05, 4.69) is 14.7 Å². The number of nitrogens with one attached hydrogen (secondary N) is 1. The van der Waals surface area contributed by atoms with Crippen LogP contribution in [0.1, 0.15) is 10.6 Å². The molecule has 7 heteroatoms. The van der Waals surface area contributed by atoms with Crippen molar-refractivity contribution in [3.8, 4) is 10.7 Å². The number of pyridine rings is 1. The zero-order valence-electron chi connectivity index (χ0n) is 13.1. The fraction of sp³-hybridized carbons (Fsp3) is 0.176. The Kier molecular flexibility index (Phi) is 5.03. The van der Waals surface area contributed by atoms with Crippen LogP contribution in [0.25, 0.3) is 10.7 Å². The van der Waals surface area contributed by atoms with Crippen LogP contribution in [0, 0.1) is 6.92 Å². The molecule has 0 atom stereocenters. The van der Waals surface area contributed by atoms with Gasteiger partial charge in [0.15, 0.2) is 0 Å². The third-order valence-electron chi connectivity index (χ3n) is 3.47. The van der Waals surface area contributed by atoms with E-state index in [1.165, 1.54) is 0 Å². The van der Waals surface area contributed by atoms with Crippen molar-refractivity contribution in [3.63, 3.8) is 0 Å². The Balaban J connectivity index is 1.67. The lowest BCUT2D eigenvalue weighted by Crippen LogP contribution is -2.25. The molecule has 3 aromatic rings. The standard InChI is InChI=1S/C17H17N3O2S2/c1-13-16(23-17(20-13)15-9-5-6-11-18-15)10-12-19-24(21,22)14-7-3-2-4-8-14/h2-9,11,19H,10,12H2,1H3. The van der Waals surface area contributed by atoms with E-state index in [0.29, 0.717) is 13.0 Å². The van der Waals surface area contributed by atoms with E-state index in [1.807, 2.05) is 25.1 Å². The van der Waals surface area contributed by atoms with Crippen LogP contribution in [0.3, 0.4) is 0 Å². The molecule has 0 amide bonds. The Bertz CT molecular complexity index is 908. The Hall–Kier alpha value is -2.09. The summed E-state index contributed by atoms with van der Waals surface area (Å²) in [5, 5.41) is 0.856. The van der Waals surface area contributed by atoms with Crippen molar-refractivity contribution in [3.05, 3.63) is 65.3 Å². The molecule has 3 rings (SSSR count). The molecule has 0 saturated heterocycles. The van der Waals surface area contributed by atoms with Gasteiger partial charge in [-0.25, -0.2) is 18.1 Å². The number of aromatic nitrogens is 2. The van der Waals surface area contributed by atoms with Crippen LogP contribution in [0.5, 0.6) is 0 Å². The quantitative estimate of drug-likeness (QED) is 0.734. The smallest absolute Gasteiger partial charge is 0.240 e. The second-order valence-electron chi connectivity index (χ2n) is 5.20. The molecule has 24 heavy (non-hydrogen) atoms. The largest absolute Gasteiger partial charge is 0.254 e. The molecule has 2 aromatic heterocycles. The first-order valence-corrected chi connectivity index (χ1v) is 9.78. The van der Waals surface area contributed by atoms with Gasteiger partial charge in [-0.2, -0.15) is 0 Å². The predicted molar refractivity (Wildman–Crippen MR) is 95.4 cm³/mol. The van der Waals surface area contributed by atoms with Crippen LogP contribution in [0.4, 0.5) is 0 Å². The summed E-state index contributed by atoms with van der Waals surface area (Å²) in [6.07, 6.45) is 2.34. The summed E-state index contributed by atoms with van der Waals surface area (Å²) >= 11 is 1.55. The number of hydrogen-bond acceptors (Lipinski definition) is 5. The van der Waals surface area contributed by atoms with Gasteiger partial charge in [-0.3, -0.25) is 4.98 Å². The van der Waals surface area contributed by atoms with Crippen LogP contribution in [-0.4, -0.2) is 24.9 Å². The zero-order valence-corrected chi connectivity index (χ0v) is 14.8. The van der Waals surface area contributed by atoms with Gasteiger partial charge in [0.25, 0.3) is 0 Å². The molecule has 0 aliphatic heterocycles. The van der Waals surface area contributed by atoms with Gasteiger partial charge >= 0.3 is 0 Å². The summed E-state index contributed by atoms with van der Waals surface area (Å²) < 4.78 is 27.0. The number of sulfonamides is 1. The van der Waals surface area contributed by atoms with Crippen molar-refractivity contribution < 1.29 is 8.42 Å². The van der Waals surface area contributed by atoms with Crippen LogP contribution in [-0.2, 0) is 16.4 Å². The number of thiazole rings is 1. The van der Waals surface area contributed by atoms with Crippen molar-refractivity contribution in [2.75, 3.05) is 6.54 Å². The lowest BCUT2D eigenvalue weighted by Gasteiger charge is -2.05. The molecule has 0 aliphatic carbocycles. The summed E-state index contributed by atoms with van der Waals surface area (Å²) in [4.78, 5) is 10.2. The van der Waals surface area contributed by atoms with E-state index in [1.54, 1.807) is 47.9 Å². The molecule has 1 N–H and O–H groups in total. The molecule has 0 bridgehead atoms. The third-order valence-corrected chi connectivity index (χ3v) is 6.19. The van der Waals surface area contributed by atoms with Crippen molar-refractivity contribution in [2.45, 2.75) is 18.2 Å². The Morgan fingerprint density at radius 1 is 1.08 bits per heavy atom. The summed E-state index contributed by atoms with van der Waals surface area (Å²) in [6.45, 7) is 2.27. The van der Waals surface area contributed by atoms with E-state index in [-0.39, 0.29) is 4.90 Å². The number of rotatable bonds is 6. The van der Waals surface area contributed by atoms with E-state index < -0.39 is 10.0 Å². The SMILES string of the molecule is Cc1nc(-c2ccccn2)sc1CCNS(=O)(=O)c1ccccc1. The van der Waals surface area contributed by atoms with Gasteiger partial charge in [0.1, 0.15) is 5.01 Å². The lowest BCUT2D eigenvalue weighted by atomic mass is 10.3. The summed E-state index contributed by atoms with van der Waals surface area (Å²) in [6, 6.07) is 14.1. The Labute approximate surface area is 145 Å². The molecule has 1 aromatic carbocycles. The van der Waals surface area contributed by atoms with E-state index in [4.69, 9.17) is 0 Å². The van der Waals surface area contributed by atoms with E-state index >= 15 is 0 Å². The highest BCUT2D eigenvalue weighted by atomic mass is 32.2. The zero-order chi connectivity index (χ0) is 17.0. The summed E-state index contributed by atoms with van der Waals surface area (Å²) in [5.74, 6) is 0. The Morgan fingerprint density at radius 2 is 1.83 bits per heavy atom. The molecular formula is C17H17N3O2S2. The monoisotopic (exact) mass is 359 g/mol. The highest BCUT2D eigenvalue weighted by Gasteiger charge is 2.14. The number of hydrogen-bond donors (Lipinski definition) is 1. The van der Waals surface area contributed by atoms with Crippen LogP contribution < -0.4 is 4.72 Å². The normalized spacial score (nSPS) is 11.5. The van der Waals surface area contributed by atoms with Gasteiger partial charge < -0.3 is 0 Å². The minimum absolute atomic E-state index is 0.278. The second-order valence-corrected chi connectivity index (χ2v) is 8.05. The minimum atomic E-state index is -3.47. The first kappa shape index (κ1) is 16.8. The van der Waals surface area contributed by atoms with Gasteiger partial charge in [-0.15, -0.1) is 11.3 Å². The topological polar surface area (TPSA) is 72.0 Å². The molecule has 5 nitrogen and oxygen atoms in total. The third kappa shape index (κ3) is 3.87. The van der Waals surface area contributed by atoms with E-state index in [9.17, 15) is 8.42 Å². The van der Waals surface area contributed by atoms with E-state index in [0.717, 1.165) is 21.3 Å². The molecule has 0 spiro atoms. The molecule has 0 saturated carbocycles. The predicted octanol–water partition coefficient (Wildman–Crippen LogP) is 3.03. The first-order valence-electron chi connectivity index (χ1n) is 7.49. The highest BCUT2D eigenvalue weighted by Crippen LogP contribution is 2.26. The number of aryl methyl sites for hydroxylation is 1. The van der Waals surface area contributed by atoms with Crippen molar-refractivity contribution in [1.82, 2.24) is 14.7 Å².